The van der Waals surface area contributed by atoms with E-state index >= 15 is 0 Å². The monoisotopic (exact) mass is 318 g/mol. The van der Waals surface area contributed by atoms with E-state index in [1.165, 1.54) is 18.3 Å². The van der Waals surface area contributed by atoms with E-state index in [4.69, 9.17) is 11.6 Å². The minimum Gasteiger partial charge on any atom is -0.353 e. The van der Waals surface area contributed by atoms with E-state index in [-0.39, 0.29) is 15.3 Å². The average Bonchev–Trinajstić information content (AvgIpc) is 2.26. The van der Waals surface area contributed by atoms with Gasteiger partial charge >= 0.3 is 0 Å². The fourth-order valence-electron chi connectivity index (χ4n) is 1.25. The molecule has 0 spiro atoms. The van der Waals surface area contributed by atoms with Crippen molar-refractivity contribution in [1.29, 1.82) is 0 Å². The molecule has 17 heavy (non-hydrogen) atoms. The van der Waals surface area contributed by atoms with Gasteiger partial charge in [-0.15, -0.1) is 0 Å². The van der Waals surface area contributed by atoms with Crippen molar-refractivity contribution >= 4 is 38.9 Å². The summed E-state index contributed by atoms with van der Waals surface area (Å²) in [6.07, 6.45) is 1.49. The second-order valence-corrected chi connectivity index (χ2v) is 4.48. The van der Waals surface area contributed by atoms with Crippen molar-refractivity contribution in [2.75, 3.05) is 5.32 Å². The van der Waals surface area contributed by atoms with Gasteiger partial charge in [-0.2, -0.15) is 0 Å². The average molecular weight is 320 g/mol. The van der Waals surface area contributed by atoms with Crippen LogP contribution in [0.15, 0.2) is 34.9 Å². The molecule has 1 aromatic carbocycles. The van der Waals surface area contributed by atoms with Crippen LogP contribution in [0, 0.1) is 11.6 Å². The van der Waals surface area contributed by atoms with Crippen molar-refractivity contribution in [3.05, 3.63) is 51.7 Å². The first-order valence-corrected chi connectivity index (χ1v) is 5.76. The SMILES string of the molecule is Fc1cc(F)c(Nc2ccnc(Cl)c2)cc1Br. The molecule has 0 saturated carbocycles. The van der Waals surface area contributed by atoms with E-state index in [1.807, 2.05) is 0 Å². The van der Waals surface area contributed by atoms with Crippen molar-refractivity contribution in [2.45, 2.75) is 0 Å². The Balaban J connectivity index is 2.33. The highest BCUT2D eigenvalue weighted by molar-refractivity contribution is 9.10. The van der Waals surface area contributed by atoms with E-state index in [9.17, 15) is 8.78 Å². The third kappa shape index (κ3) is 2.92. The molecule has 1 heterocycles. The van der Waals surface area contributed by atoms with Crippen LogP contribution in [0.3, 0.4) is 0 Å². The molecule has 2 nitrogen and oxygen atoms in total. The first kappa shape index (κ1) is 12.3. The molecule has 0 atom stereocenters. The number of rotatable bonds is 2. The number of aromatic nitrogens is 1. The Labute approximate surface area is 110 Å². The zero-order chi connectivity index (χ0) is 12.4. The maximum atomic E-state index is 13.4. The summed E-state index contributed by atoms with van der Waals surface area (Å²) in [6.45, 7) is 0. The van der Waals surface area contributed by atoms with Gasteiger partial charge < -0.3 is 5.32 Å². The zero-order valence-electron chi connectivity index (χ0n) is 8.35. The number of anilines is 2. The molecule has 0 amide bonds. The van der Waals surface area contributed by atoms with Gasteiger partial charge in [0.1, 0.15) is 16.8 Å². The van der Waals surface area contributed by atoms with Crippen molar-refractivity contribution in [3.8, 4) is 0 Å². The number of hydrogen-bond donors (Lipinski definition) is 1. The van der Waals surface area contributed by atoms with E-state index < -0.39 is 11.6 Å². The summed E-state index contributed by atoms with van der Waals surface area (Å²) in [6, 6.07) is 5.29. The number of nitrogens with zero attached hydrogens (tertiary/aromatic N) is 1. The normalized spacial score (nSPS) is 10.4. The smallest absolute Gasteiger partial charge is 0.149 e. The van der Waals surface area contributed by atoms with Crippen molar-refractivity contribution < 1.29 is 8.78 Å². The topological polar surface area (TPSA) is 24.9 Å². The molecule has 0 aliphatic heterocycles. The molecule has 0 unspecified atom stereocenters. The number of nitrogens with one attached hydrogen (secondary N) is 1. The molecule has 0 aliphatic rings. The highest BCUT2D eigenvalue weighted by Gasteiger charge is 2.08. The fourth-order valence-corrected chi connectivity index (χ4v) is 1.77. The molecular formula is C11H6BrClF2N2. The minimum atomic E-state index is -0.682. The summed E-state index contributed by atoms with van der Waals surface area (Å²) in [5, 5.41) is 3.07. The molecule has 1 N–H and O–H groups in total. The molecule has 0 fully saturated rings. The molecule has 0 radical (unpaired) electrons. The van der Waals surface area contributed by atoms with Gasteiger partial charge in [-0.3, -0.25) is 0 Å². The summed E-state index contributed by atoms with van der Waals surface area (Å²) < 4.78 is 26.6. The second kappa shape index (κ2) is 4.98. The Bertz CT molecular complexity index is 563. The Morgan fingerprint density at radius 2 is 1.94 bits per heavy atom. The van der Waals surface area contributed by atoms with Gasteiger partial charge in [-0.05, 0) is 34.1 Å². The van der Waals surface area contributed by atoms with Crippen molar-refractivity contribution in [1.82, 2.24) is 4.98 Å². The lowest BCUT2D eigenvalue weighted by Crippen LogP contribution is -1.95. The summed E-state index contributed by atoms with van der Waals surface area (Å²) in [7, 11) is 0. The highest BCUT2D eigenvalue weighted by Crippen LogP contribution is 2.26. The van der Waals surface area contributed by atoms with Gasteiger partial charge in [0.05, 0.1) is 10.2 Å². The Hall–Kier alpha value is -1.20. The first-order valence-electron chi connectivity index (χ1n) is 4.59. The molecule has 2 rings (SSSR count). The number of hydrogen-bond acceptors (Lipinski definition) is 2. The maximum absolute atomic E-state index is 13.4. The third-order valence-corrected chi connectivity index (χ3v) is 2.83. The molecule has 0 saturated heterocycles. The largest absolute Gasteiger partial charge is 0.353 e. The first-order chi connectivity index (χ1) is 8.06. The fraction of sp³-hybridized carbons (Fsp3) is 0. The summed E-state index contributed by atoms with van der Waals surface area (Å²) >= 11 is 8.68. The lowest BCUT2D eigenvalue weighted by Gasteiger charge is -2.08. The van der Waals surface area contributed by atoms with Gasteiger partial charge in [0.15, 0.2) is 0 Å². The van der Waals surface area contributed by atoms with Crippen molar-refractivity contribution in [2.24, 2.45) is 0 Å². The highest BCUT2D eigenvalue weighted by atomic mass is 79.9. The van der Waals surface area contributed by atoms with E-state index in [1.54, 1.807) is 6.07 Å². The van der Waals surface area contributed by atoms with E-state index in [2.05, 4.69) is 26.2 Å². The van der Waals surface area contributed by atoms with Crippen LogP contribution in [-0.4, -0.2) is 4.98 Å². The maximum Gasteiger partial charge on any atom is 0.149 e. The van der Waals surface area contributed by atoms with Gasteiger partial charge in [0.25, 0.3) is 0 Å². The van der Waals surface area contributed by atoms with Crippen molar-refractivity contribution in [3.63, 3.8) is 0 Å². The predicted octanol–water partition coefficient (Wildman–Crippen LogP) is 4.52. The lowest BCUT2D eigenvalue weighted by molar-refractivity contribution is 0.581. The summed E-state index contributed by atoms with van der Waals surface area (Å²) in [4.78, 5) is 3.80. The summed E-state index contributed by atoms with van der Waals surface area (Å²) in [5.41, 5.74) is 0.725. The van der Waals surface area contributed by atoms with Crippen LogP contribution in [0.25, 0.3) is 0 Å². The van der Waals surface area contributed by atoms with Crippen LogP contribution in [-0.2, 0) is 0 Å². The lowest BCUT2D eigenvalue weighted by atomic mass is 10.3. The molecular weight excluding hydrogens is 313 g/mol. The number of halogens is 4. The van der Waals surface area contributed by atoms with Crippen LogP contribution < -0.4 is 5.32 Å². The van der Waals surface area contributed by atoms with Gasteiger partial charge in [-0.1, -0.05) is 11.6 Å². The number of benzene rings is 1. The molecule has 2 aromatic rings. The quantitative estimate of drug-likeness (QED) is 0.650. The Morgan fingerprint density at radius 1 is 1.18 bits per heavy atom. The van der Waals surface area contributed by atoms with Gasteiger partial charge in [-0.25, -0.2) is 13.8 Å². The summed E-state index contributed by atoms with van der Waals surface area (Å²) in [5.74, 6) is -1.33. The molecule has 88 valence electrons. The zero-order valence-corrected chi connectivity index (χ0v) is 10.7. The Morgan fingerprint density at radius 3 is 2.65 bits per heavy atom. The van der Waals surface area contributed by atoms with Crippen LogP contribution in [0.2, 0.25) is 5.15 Å². The predicted molar refractivity (Wildman–Crippen MR) is 66.6 cm³/mol. The van der Waals surface area contributed by atoms with Crippen LogP contribution in [0.4, 0.5) is 20.2 Å². The van der Waals surface area contributed by atoms with E-state index in [0.717, 1.165) is 6.07 Å². The number of pyridine rings is 1. The van der Waals surface area contributed by atoms with Crippen LogP contribution in [0.5, 0.6) is 0 Å². The standard InChI is InChI=1S/C11H6BrClF2N2/c12-7-4-10(9(15)5-8(7)14)17-6-1-2-16-11(13)3-6/h1-5H,(H,16,17). The van der Waals surface area contributed by atoms with Gasteiger partial charge in [0.2, 0.25) is 0 Å². The molecule has 1 aromatic heterocycles. The van der Waals surface area contributed by atoms with Gasteiger partial charge in [0, 0.05) is 18.0 Å². The minimum absolute atomic E-state index is 0.153. The van der Waals surface area contributed by atoms with Crippen LogP contribution >= 0.6 is 27.5 Å². The molecule has 0 aliphatic carbocycles. The van der Waals surface area contributed by atoms with Crippen LogP contribution in [0.1, 0.15) is 0 Å². The van der Waals surface area contributed by atoms with E-state index in [0.29, 0.717) is 5.69 Å². The molecule has 0 bridgehead atoms. The second-order valence-electron chi connectivity index (χ2n) is 3.24. The molecule has 6 heteroatoms. The Kier molecular flexibility index (Phi) is 3.59. The third-order valence-electron chi connectivity index (χ3n) is 2.02.